The summed E-state index contributed by atoms with van der Waals surface area (Å²) in [5.74, 6) is 1.01. The summed E-state index contributed by atoms with van der Waals surface area (Å²) in [4.78, 5) is 12.5. The zero-order valence-corrected chi connectivity index (χ0v) is 14.8. The van der Waals surface area contributed by atoms with E-state index >= 15 is 0 Å². The molecule has 1 saturated heterocycles. The number of rotatable bonds is 4. The third kappa shape index (κ3) is 3.47. The van der Waals surface area contributed by atoms with Gasteiger partial charge in [0.05, 0.1) is 5.56 Å². The molecule has 1 fully saturated rings. The number of nitrogens with one attached hydrogen (secondary N) is 1. The zero-order chi connectivity index (χ0) is 17.2. The van der Waals surface area contributed by atoms with Gasteiger partial charge in [-0.1, -0.05) is 18.2 Å². The number of nitrogens with zero attached hydrogens (tertiary/aromatic N) is 3. The number of anilines is 1. The van der Waals surface area contributed by atoms with Gasteiger partial charge in [-0.15, -0.1) is 0 Å². The minimum Gasteiger partial charge on any atom is -0.322 e. The van der Waals surface area contributed by atoms with Crippen molar-refractivity contribution in [2.75, 3.05) is 29.9 Å². The number of para-hydroxylation sites is 1. The van der Waals surface area contributed by atoms with Gasteiger partial charge in [0.1, 0.15) is 0 Å². The van der Waals surface area contributed by atoms with Crippen molar-refractivity contribution in [3.8, 4) is 0 Å². The van der Waals surface area contributed by atoms with Crippen molar-refractivity contribution in [2.45, 2.75) is 5.03 Å². The molecule has 3 rings (SSSR count). The lowest BCUT2D eigenvalue weighted by molar-refractivity contribution is 0.102. The first-order valence-electron chi connectivity index (χ1n) is 7.46. The van der Waals surface area contributed by atoms with Gasteiger partial charge in [-0.05, 0) is 12.1 Å². The van der Waals surface area contributed by atoms with E-state index in [0.29, 0.717) is 18.8 Å². The van der Waals surface area contributed by atoms with E-state index in [-0.39, 0.29) is 10.6 Å². The number of amides is 1. The van der Waals surface area contributed by atoms with Crippen LogP contribution in [0.2, 0.25) is 0 Å². The molecule has 9 heteroatoms. The molecule has 7 nitrogen and oxygen atoms in total. The minimum atomic E-state index is -3.78. The van der Waals surface area contributed by atoms with Crippen LogP contribution in [0.15, 0.2) is 41.6 Å². The Labute approximate surface area is 145 Å². The fraction of sp³-hybridized carbons (Fsp3) is 0.333. The minimum absolute atomic E-state index is 0.0552. The Morgan fingerprint density at radius 1 is 1.21 bits per heavy atom. The molecule has 0 radical (unpaired) electrons. The Balaban J connectivity index is 1.91. The predicted octanol–water partition coefficient (Wildman–Crippen LogP) is 1.41. The van der Waals surface area contributed by atoms with Gasteiger partial charge in [0.2, 0.25) is 5.03 Å². The smallest absolute Gasteiger partial charge is 0.263 e. The van der Waals surface area contributed by atoms with Crippen LogP contribution in [0.25, 0.3) is 0 Å². The number of hydrogen-bond acceptors (Lipinski definition) is 5. The molecule has 1 amide bonds. The average Bonchev–Trinajstić information content (AvgIpc) is 2.99. The van der Waals surface area contributed by atoms with Gasteiger partial charge in [-0.2, -0.15) is 21.2 Å². The van der Waals surface area contributed by atoms with Crippen LogP contribution in [0.4, 0.5) is 5.69 Å². The van der Waals surface area contributed by atoms with Crippen LogP contribution in [0.1, 0.15) is 10.4 Å². The van der Waals surface area contributed by atoms with E-state index in [0.717, 1.165) is 11.5 Å². The van der Waals surface area contributed by atoms with Gasteiger partial charge in [0, 0.05) is 43.5 Å². The first-order chi connectivity index (χ1) is 11.5. The van der Waals surface area contributed by atoms with Crippen LogP contribution in [0.5, 0.6) is 0 Å². The zero-order valence-electron chi connectivity index (χ0n) is 13.2. The molecule has 1 aromatic heterocycles. The van der Waals surface area contributed by atoms with Gasteiger partial charge in [0.25, 0.3) is 15.9 Å². The molecule has 0 atom stereocenters. The molecular formula is C15H18N4O3S2. The van der Waals surface area contributed by atoms with Crippen molar-refractivity contribution in [1.29, 1.82) is 0 Å². The first kappa shape index (κ1) is 17.0. The maximum Gasteiger partial charge on any atom is 0.263 e. The predicted molar refractivity (Wildman–Crippen MR) is 93.7 cm³/mol. The standard InChI is InChI=1S/C15H18N4O3S2/c1-18-11-13(14(20)16-12-5-3-2-4-6-12)15(17-18)24(21,22)19-7-9-23-10-8-19/h2-6,11H,7-10H2,1H3,(H,16,20). The number of thioether (sulfide) groups is 1. The highest BCUT2D eigenvalue weighted by molar-refractivity contribution is 7.99. The summed E-state index contributed by atoms with van der Waals surface area (Å²) >= 11 is 1.72. The molecule has 1 N–H and O–H groups in total. The molecule has 0 saturated carbocycles. The van der Waals surface area contributed by atoms with Crippen LogP contribution < -0.4 is 5.32 Å². The fourth-order valence-electron chi connectivity index (χ4n) is 2.44. The molecule has 0 aliphatic carbocycles. The number of hydrogen-bond donors (Lipinski definition) is 1. The molecular weight excluding hydrogens is 348 g/mol. The van der Waals surface area contributed by atoms with Gasteiger partial charge >= 0.3 is 0 Å². The fourth-order valence-corrected chi connectivity index (χ4v) is 5.14. The van der Waals surface area contributed by atoms with Gasteiger partial charge < -0.3 is 5.32 Å². The molecule has 0 spiro atoms. The van der Waals surface area contributed by atoms with E-state index in [2.05, 4.69) is 10.4 Å². The SMILES string of the molecule is Cn1cc(C(=O)Nc2ccccc2)c(S(=O)(=O)N2CCSCC2)n1. The Morgan fingerprint density at radius 3 is 2.54 bits per heavy atom. The number of aromatic nitrogens is 2. The van der Waals surface area contributed by atoms with Crippen molar-refractivity contribution >= 4 is 33.4 Å². The molecule has 2 heterocycles. The monoisotopic (exact) mass is 366 g/mol. The second-order valence-corrected chi connectivity index (χ2v) is 8.44. The summed E-state index contributed by atoms with van der Waals surface area (Å²) < 4.78 is 28.4. The largest absolute Gasteiger partial charge is 0.322 e. The highest BCUT2D eigenvalue weighted by Gasteiger charge is 2.33. The molecule has 0 unspecified atom stereocenters. The summed E-state index contributed by atoms with van der Waals surface area (Å²) in [6.45, 7) is 0.868. The summed E-state index contributed by atoms with van der Waals surface area (Å²) in [7, 11) is -2.18. The van der Waals surface area contributed by atoms with Gasteiger partial charge in [0.15, 0.2) is 0 Å². The Hall–Kier alpha value is -1.84. The van der Waals surface area contributed by atoms with Crippen LogP contribution in [0.3, 0.4) is 0 Å². The second kappa shape index (κ2) is 6.96. The molecule has 1 aromatic carbocycles. The quantitative estimate of drug-likeness (QED) is 0.884. The highest BCUT2D eigenvalue weighted by atomic mass is 32.2. The van der Waals surface area contributed by atoms with Crippen LogP contribution in [-0.4, -0.2) is 53.0 Å². The lowest BCUT2D eigenvalue weighted by Crippen LogP contribution is -2.38. The number of carbonyl (C=O) groups is 1. The molecule has 0 bridgehead atoms. The van der Waals surface area contributed by atoms with Crippen molar-refractivity contribution in [3.05, 3.63) is 42.1 Å². The Bertz CT molecular complexity index is 828. The van der Waals surface area contributed by atoms with E-state index in [1.807, 2.05) is 6.07 Å². The normalized spacial score (nSPS) is 16.0. The van der Waals surface area contributed by atoms with Crippen molar-refractivity contribution in [3.63, 3.8) is 0 Å². The van der Waals surface area contributed by atoms with Gasteiger partial charge in [-0.25, -0.2) is 8.42 Å². The topological polar surface area (TPSA) is 84.3 Å². The lowest BCUT2D eigenvalue weighted by atomic mass is 10.3. The van der Waals surface area contributed by atoms with Crippen molar-refractivity contribution < 1.29 is 13.2 Å². The van der Waals surface area contributed by atoms with Crippen molar-refractivity contribution in [2.24, 2.45) is 7.05 Å². The average molecular weight is 366 g/mol. The third-order valence-corrected chi connectivity index (χ3v) is 6.40. The highest BCUT2D eigenvalue weighted by Crippen LogP contribution is 2.22. The Kier molecular flexibility index (Phi) is 4.93. The van der Waals surface area contributed by atoms with Crippen LogP contribution >= 0.6 is 11.8 Å². The summed E-state index contributed by atoms with van der Waals surface area (Å²) in [5, 5.41) is 6.56. The number of carbonyl (C=O) groups excluding carboxylic acids is 1. The molecule has 2 aromatic rings. The molecule has 24 heavy (non-hydrogen) atoms. The van der Waals surface area contributed by atoms with Gasteiger partial charge in [-0.3, -0.25) is 9.48 Å². The summed E-state index contributed by atoms with van der Waals surface area (Å²) in [6.07, 6.45) is 1.43. The second-order valence-electron chi connectivity index (χ2n) is 5.36. The molecule has 128 valence electrons. The summed E-state index contributed by atoms with van der Waals surface area (Å²) in [5.41, 5.74) is 0.656. The van der Waals surface area contributed by atoms with E-state index in [1.54, 1.807) is 43.1 Å². The number of aryl methyl sites for hydroxylation is 1. The Morgan fingerprint density at radius 2 is 1.88 bits per heavy atom. The van der Waals surface area contributed by atoms with Crippen LogP contribution in [-0.2, 0) is 17.1 Å². The molecule has 1 aliphatic rings. The summed E-state index contributed by atoms with van der Waals surface area (Å²) in [6, 6.07) is 8.91. The molecule has 1 aliphatic heterocycles. The lowest BCUT2D eigenvalue weighted by Gasteiger charge is -2.24. The number of sulfonamides is 1. The van der Waals surface area contributed by atoms with E-state index < -0.39 is 15.9 Å². The van der Waals surface area contributed by atoms with Crippen molar-refractivity contribution in [1.82, 2.24) is 14.1 Å². The third-order valence-electron chi connectivity index (χ3n) is 3.63. The number of benzene rings is 1. The van der Waals surface area contributed by atoms with E-state index in [9.17, 15) is 13.2 Å². The first-order valence-corrected chi connectivity index (χ1v) is 10.1. The maximum atomic E-state index is 12.8. The van der Waals surface area contributed by atoms with E-state index in [1.165, 1.54) is 15.2 Å². The van der Waals surface area contributed by atoms with Crippen LogP contribution in [0, 0.1) is 0 Å². The maximum absolute atomic E-state index is 12.8. The van der Waals surface area contributed by atoms with E-state index in [4.69, 9.17) is 0 Å².